The van der Waals surface area contributed by atoms with E-state index in [4.69, 9.17) is 0 Å². The van der Waals surface area contributed by atoms with Crippen LogP contribution in [0.5, 0.6) is 0 Å². The number of hydrogen-bond acceptors (Lipinski definition) is 5. The normalized spacial score (nSPS) is 22.8. The number of benzene rings is 2. The maximum Gasteiger partial charge on any atom is 0.416 e. The highest BCUT2D eigenvalue weighted by Crippen LogP contribution is 2.49. The largest absolute Gasteiger partial charge is 0.416 e. The van der Waals surface area contributed by atoms with E-state index in [0.29, 0.717) is 19.2 Å². The fourth-order valence-electron chi connectivity index (χ4n) is 6.30. The first-order valence-electron chi connectivity index (χ1n) is 13.2. The minimum atomic E-state index is -4.72. The number of likely N-dealkylation sites (N-methyl/N-ethyl adjacent to an activating group) is 1. The summed E-state index contributed by atoms with van der Waals surface area (Å²) in [6, 6.07) is 7.75. The Labute approximate surface area is 232 Å². The molecular weight excluding hydrogens is 550 g/mol. The first-order chi connectivity index (χ1) is 19.2. The second-order valence-corrected chi connectivity index (χ2v) is 11.3. The van der Waals surface area contributed by atoms with E-state index in [0.717, 1.165) is 53.4 Å². The van der Waals surface area contributed by atoms with Gasteiger partial charge in [-0.05, 0) is 62.2 Å². The van der Waals surface area contributed by atoms with Crippen LogP contribution in [-0.4, -0.2) is 57.8 Å². The Morgan fingerprint density at radius 2 is 1.66 bits per heavy atom. The average Bonchev–Trinajstić information content (AvgIpc) is 3.51. The lowest BCUT2D eigenvalue weighted by Crippen LogP contribution is -2.61. The van der Waals surface area contributed by atoms with Gasteiger partial charge in [-0.1, -0.05) is 12.1 Å². The molecule has 0 spiro atoms. The SMILES string of the molecule is CN1CC2CCC1CN2c1cc2c(c(C(F)(F)F)c1)CN(c1cccc(C(C)(F)C(F)(F)c3nncn3C)c1)C2=O. The molecule has 4 aliphatic heterocycles. The monoisotopic (exact) mass is 578 g/mol. The first-order valence-corrected chi connectivity index (χ1v) is 13.2. The number of aromatic nitrogens is 3. The Morgan fingerprint density at radius 1 is 0.927 bits per heavy atom. The van der Waals surface area contributed by atoms with Crippen molar-refractivity contribution in [2.75, 3.05) is 29.9 Å². The van der Waals surface area contributed by atoms with Gasteiger partial charge in [-0.3, -0.25) is 9.69 Å². The number of amides is 1. The molecule has 4 aliphatic rings. The molecule has 2 bridgehead atoms. The number of fused-ring (bicyclic) bond motifs is 4. The number of halogens is 6. The number of anilines is 2. The van der Waals surface area contributed by atoms with Gasteiger partial charge >= 0.3 is 12.1 Å². The van der Waals surface area contributed by atoms with Gasteiger partial charge in [0.25, 0.3) is 5.91 Å². The zero-order valence-electron chi connectivity index (χ0n) is 22.6. The van der Waals surface area contributed by atoms with Gasteiger partial charge in [0.2, 0.25) is 11.5 Å². The highest BCUT2D eigenvalue weighted by Gasteiger charge is 2.57. The van der Waals surface area contributed by atoms with Crippen molar-refractivity contribution >= 4 is 17.3 Å². The summed E-state index contributed by atoms with van der Waals surface area (Å²) in [5, 5.41) is 6.77. The predicted molar refractivity (Wildman–Crippen MR) is 139 cm³/mol. The summed E-state index contributed by atoms with van der Waals surface area (Å²) in [6.45, 7) is 1.55. The molecule has 1 amide bonds. The Hall–Kier alpha value is -3.61. The Morgan fingerprint density at radius 3 is 2.27 bits per heavy atom. The third kappa shape index (κ3) is 4.27. The van der Waals surface area contributed by atoms with E-state index in [-0.39, 0.29) is 28.9 Å². The van der Waals surface area contributed by atoms with E-state index in [1.165, 1.54) is 25.2 Å². The van der Waals surface area contributed by atoms with E-state index in [1.807, 2.05) is 11.9 Å². The molecule has 1 aromatic heterocycles. The van der Waals surface area contributed by atoms with Crippen LogP contribution >= 0.6 is 0 Å². The van der Waals surface area contributed by atoms with Crippen molar-refractivity contribution in [1.82, 2.24) is 19.7 Å². The highest BCUT2D eigenvalue weighted by atomic mass is 19.4. The summed E-state index contributed by atoms with van der Waals surface area (Å²) >= 11 is 0. The number of carbonyl (C=O) groups excluding carboxylic acids is 1. The molecular formula is C28H28F6N6O. The number of aryl methyl sites for hydroxylation is 1. The second kappa shape index (κ2) is 9.20. The second-order valence-electron chi connectivity index (χ2n) is 11.3. The van der Waals surface area contributed by atoms with Crippen molar-refractivity contribution in [3.05, 3.63) is 70.8 Å². The quantitative estimate of drug-likeness (QED) is 0.387. The van der Waals surface area contributed by atoms with Crippen molar-refractivity contribution in [2.45, 2.75) is 56.2 Å². The lowest BCUT2D eigenvalue weighted by Gasteiger charge is -2.51. The fourth-order valence-corrected chi connectivity index (χ4v) is 6.30. The van der Waals surface area contributed by atoms with Crippen LogP contribution in [0.1, 0.15) is 52.6 Å². The van der Waals surface area contributed by atoms with Crippen LogP contribution in [-0.2, 0) is 31.4 Å². The molecule has 3 atom stereocenters. The molecule has 2 aromatic carbocycles. The van der Waals surface area contributed by atoms with Gasteiger partial charge < -0.3 is 14.4 Å². The number of rotatable bonds is 5. The van der Waals surface area contributed by atoms with Crippen LogP contribution in [0.2, 0.25) is 0 Å². The first kappa shape index (κ1) is 27.6. The van der Waals surface area contributed by atoms with Crippen molar-refractivity contribution < 1.29 is 31.1 Å². The maximum absolute atomic E-state index is 15.9. The van der Waals surface area contributed by atoms with Gasteiger partial charge in [0, 0.05) is 49.2 Å². The summed E-state index contributed by atoms with van der Waals surface area (Å²) in [5.74, 6) is -5.70. The standard InChI is InChI=1S/C28H28F6N6O/c1-26(29,27(30,31)25-36-35-15-38(25)3)16-5-4-6-17(9-16)40-14-22-21(24(40)41)10-20(11-23(22)28(32,33)34)39-13-18-7-8-19(39)12-37(18)2/h4-6,9-11,15,18-19H,7-8,12-14H2,1-3H3. The summed E-state index contributed by atoms with van der Waals surface area (Å²) in [6.07, 6.45) is -1.89. The zero-order valence-corrected chi connectivity index (χ0v) is 22.6. The van der Waals surface area contributed by atoms with Gasteiger partial charge in [0.05, 0.1) is 12.1 Å². The van der Waals surface area contributed by atoms with Gasteiger partial charge in [0.15, 0.2) is 0 Å². The molecule has 0 saturated carbocycles. The molecule has 3 aromatic rings. The predicted octanol–water partition coefficient (Wildman–Crippen LogP) is 5.25. The van der Waals surface area contributed by atoms with Crippen molar-refractivity contribution in [3.8, 4) is 0 Å². The molecule has 13 heteroatoms. The molecule has 41 heavy (non-hydrogen) atoms. The molecule has 3 saturated heterocycles. The molecule has 7 nitrogen and oxygen atoms in total. The highest BCUT2D eigenvalue weighted by molar-refractivity contribution is 6.11. The van der Waals surface area contributed by atoms with E-state index >= 15 is 13.2 Å². The van der Waals surface area contributed by atoms with Crippen molar-refractivity contribution in [3.63, 3.8) is 0 Å². The van der Waals surface area contributed by atoms with Crippen LogP contribution < -0.4 is 9.80 Å². The van der Waals surface area contributed by atoms with Gasteiger partial charge in [-0.15, -0.1) is 10.2 Å². The van der Waals surface area contributed by atoms with Gasteiger partial charge in [-0.2, -0.15) is 22.0 Å². The Kier molecular flexibility index (Phi) is 6.18. The van der Waals surface area contributed by atoms with Gasteiger partial charge in [0.1, 0.15) is 6.33 Å². The molecule has 3 unspecified atom stereocenters. The van der Waals surface area contributed by atoms with Crippen molar-refractivity contribution in [1.29, 1.82) is 0 Å². The summed E-state index contributed by atoms with van der Waals surface area (Å²) in [7, 11) is 3.26. The molecule has 0 N–H and O–H groups in total. The maximum atomic E-state index is 15.9. The lowest BCUT2D eigenvalue weighted by atomic mass is 9.90. The van der Waals surface area contributed by atoms with Crippen LogP contribution in [0.4, 0.5) is 37.7 Å². The Bertz CT molecular complexity index is 1520. The number of nitrogens with zero attached hydrogens (tertiary/aromatic N) is 6. The topological polar surface area (TPSA) is 57.5 Å². The number of piperazine rings is 1. The summed E-state index contributed by atoms with van der Waals surface area (Å²) in [5.41, 5.74) is -4.58. The zero-order chi connectivity index (χ0) is 29.5. The number of piperidine rings is 2. The molecule has 0 radical (unpaired) electrons. The smallest absolute Gasteiger partial charge is 0.366 e. The third-order valence-electron chi connectivity index (χ3n) is 8.75. The number of carbonyl (C=O) groups is 1. The minimum Gasteiger partial charge on any atom is -0.366 e. The van der Waals surface area contributed by atoms with E-state index < -0.39 is 47.2 Å². The Balaban J connectivity index is 1.36. The van der Waals surface area contributed by atoms with Crippen molar-refractivity contribution in [2.24, 2.45) is 7.05 Å². The summed E-state index contributed by atoms with van der Waals surface area (Å²) < 4.78 is 90.3. The number of alkyl halides is 6. The van der Waals surface area contributed by atoms with Crippen LogP contribution in [0.3, 0.4) is 0 Å². The van der Waals surface area contributed by atoms with Crippen LogP contribution in [0, 0.1) is 0 Å². The van der Waals surface area contributed by atoms with E-state index in [9.17, 15) is 18.0 Å². The molecule has 3 fully saturated rings. The third-order valence-corrected chi connectivity index (χ3v) is 8.75. The lowest BCUT2D eigenvalue weighted by molar-refractivity contribution is -0.149. The van der Waals surface area contributed by atoms with E-state index in [1.54, 1.807) is 0 Å². The van der Waals surface area contributed by atoms with Crippen LogP contribution in [0.25, 0.3) is 0 Å². The average molecular weight is 579 g/mol. The fraction of sp³-hybridized carbons (Fsp3) is 0.464. The van der Waals surface area contributed by atoms with E-state index in [2.05, 4.69) is 15.1 Å². The minimum absolute atomic E-state index is 0.00895. The van der Waals surface area contributed by atoms with Crippen LogP contribution in [0.15, 0.2) is 42.7 Å². The molecule has 0 aliphatic carbocycles. The molecule has 218 valence electrons. The van der Waals surface area contributed by atoms with Gasteiger partial charge in [-0.25, -0.2) is 4.39 Å². The number of hydrogen-bond donors (Lipinski definition) is 0. The molecule has 7 rings (SSSR count). The summed E-state index contributed by atoms with van der Waals surface area (Å²) in [4.78, 5) is 18.8. The molecule has 5 heterocycles.